The first-order valence-electron chi connectivity index (χ1n) is 25.0. The maximum atomic E-state index is 12.5. The van der Waals surface area contributed by atoms with Crippen molar-refractivity contribution in [2.45, 2.75) is 103 Å². The third-order valence-electron chi connectivity index (χ3n) is 15.0. The molecule has 5 aromatic rings. The van der Waals surface area contributed by atoms with Crippen LogP contribution in [0.25, 0.3) is 5.57 Å². The number of aryl methyl sites for hydroxylation is 3. The molecule has 8 aliphatic rings. The second-order valence-electron chi connectivity index (χ2n) is 19.1. The van der Waals surface area contributed by atoms with Gasteiger partial charge in [-0.15, -0.1) is 0 Å². The number of aromatic carboxylic acids is 1. The van der Waals surface area contributed by atoms with Gasteiger partial charge in [0.25, 0.3) is 0 Å². The summed E-state index contributed by atoms with van der Waals surface area (Å²) >= 11 is 6.89. The highest BCUT2D eigenvalue weighted by Crippen LogP contribution is 2.49. The van der Waals surface area contributed by atoms with E-state index in [1.165, 1.54) is 115 Å². The molecule has 372 valence electrons. The minimum absolute atomic E-state index is 0.229. The number of nitrogens with zero attached hydrogens (tertiary/aromatic N) is 3. The average Bonchev–Trinajstić information content (AvgIpc) is 3.67. The third kappa shape index (κ3) is 9.74. The van der Waals surface area contributed by atoms with Gasteiger partial charge in [-0.1, -0.05) is 44.0 Å². The van der Waals surface area contributed by atoms with Crippen LogP contribution in [0.5, 0.6) is 17.2 Å². The molecule has 0 saturated carbocycles. The Bertz CT molecular complexity index is 3030. The molecule has 0 radical (unpaired) electrons. The van der Waals surface area contributed by atoms with E-state index >= 15 is 0 Å². The first-order chi connectivity index (χ1) is 34.6. The quantitative estimate of drug-likeness (QED) is 0.113. The smallest absolute Gasteiger partial charge is 0.341 e. The lowest BCUT2D eigenvalue weighted by atomic mass is 9.83. The summed E-state index contributed by atoms with van der Waals surface area (Å²) < 4.78 is 16.0. The molecule has 3 N–H and O–H groups in total. The zero-order valence-electron chi connectivity index (χ0n) is 40.0. The van der Waals surface area contributed by atoms with E-state index in [0.29, 0.717) is 22.4 Å². The monoisotopic (exact) mass is 1090 g/mol. The van der Waals surface area contributed by atoms with Gasteiger partial charge in [0.1, 0.15) is 30.3 Å². The number of hydrogen-bond donors (Lipinski definition) is 3. The molecule has 0 aromatic heterocycles. The SMILES string of the molecule is CO.O=C([O-])c1ccc(Br)cc1C1=c2cc3c4c(c2Oc2c1cc1c5c2CCCN5CCCC1)CCC[N+]=4CCCC3.O=C1OC(O)c2cc(Br)ccc21.O=O.Oc1ccc2c3c1CCCN3CCCC2. The zero-order valence-corrected chi connectivity index (χ0v) is 43.2. The number of phenolic OH excluding ortho intramolecular Hbond substituents is 1. The fourth-order valence-corrected chi connectivity index (χ4v) is 12.8. The van der Waals surface area contributed by atoms with Gasteiger partial charge in [-0.3, -0.25) is 0 Å². The lowest BCUT2D eigenvalue weighted by molar-refractivity contribution is -0.255. The van der Waals surface area contributed by atoms with Gasteiger partial charge < -0.3 is 44.5 Å². The number of aliphatic hydroxyl groups excluding tert-OH is 2. The van der Waals surface area contributed by atoms with Crippen LogP contribution in [0.4, 0.5) is 11.4 Å². The first-order valence-corrected chi connectivity index (χ1v) is 26.5. The molecule has 1 atom stereocenters. The number of cyclic esters (lactones) is 1. The molecule has 8 heterocycles. The van der Waals surface area contributed by atoms with Crippen molar-refractivity contribution in [2.75, 3.05) is 56.2 Å². The largest absolute Gasteiger partial charge is 0.545 e. The number of carboxylic acid groups (broad SMARTS) is 1. The number of fused-ring (bicyclic) bond motifs is 5. The van der Waals surface area contributed by atoms with Crippen molar-refractivity contribution in [3.63, 3.8) is 0 Å². The number of carbonyl (C=O) groups excluding carboxylic acids is 2. The highest BCUT2D eigenvalue weighted by Gasteiger charge is 2.36. The van der Waals surface area contributed by atoms with Crippen LogP contribution in [0.15, 0.2) is 69.6 Å². The number of anilines is 2. The summed E-state index contributed by atoms with van der Waals surface area (Å²) in [5.41, 5.74) is 14.7. The van der Waals surface area contributed by atoms with E-state index in [1.54, 1.807) is 30.3 Å². The van der Waals surface area contributed by atoms with Crippen LogP contribution in [0.2, 0.25) is 0 Å². The van der Waals surface area contributed by atoms with E-state index in [0.717, 1.165) is 115 Å². The summed E-state index contributed by atoms with van der Waals surface area (Å²) in [6.45, 7) is 6.73. The predicted octanol–water partition coefficient (Wildman–Crippen LogP) is 7.80. The molecule has 0 aliphatic carbocycles. The number of halogens is 2. The minimum atomic E-state index is -1.14. The zero-order chi connectivity index (χ0) is 49.9. The van der Waals surface area contributed by atoms with Crippen molar-refractivity contribution in [3.05, 3.63) is 151 Å². The van der Waals surface area contributed by atoms with Crippen molar-refractivity contribution in [1.29, 1.82) is 0 Å². The van der Waals surface area contributed by atoms with Crippen LogP contribution in [-0.2, 0) is 43.3 Å². The third-order valence-corrected chi connectivity index (χ3v) is 16.0. The Labute approximate surface area is 429 Å². The average molecular weight is 1090 g/mol. The van der Waals surface area contributed by atoms with E-state index < -0.39 is 18.2 Å². The van der Waals surface area contributed by atoms with Crippen LogP contribution < -0.4 is 34.8 Å². The molecule has 0 amide bonds. The number of phenols is 1. The number of hydrogen-bond acceptors (Lipinski definition) is 12. The lowest BCUT2D eigenvalue weighted by Gasteiger charge is -2.35. The molecule has 0 fully saturated rings. The van der Waals surface area contributed by atoms with Crippen LogP contribution >= 0.6 is 31.9 Å². The van der Waals surface area contributed by atoms with Crippen LogP contribution in [0.1, 0.15) is 135 Å². The van der Waals surface area contributed by atoms with Gasteiger partial charge in [0.2, 0.25) is 11.6 Å². The maximum absolute atomic E-state index is 12.5. The Kier molecular flexibility index (Phi) is 15.6. The molecule has 0 bridgehead atoms. The minimum Gasteiger partial charge on any atom is -0.545 e. The number of ether oxygens (including phenoxy) is 2. The fourth-order valence-electron chi connectivity index (χ4n) is 12.1. The van der Waals surface area contributed by atoms with Gasteiger partial charge in [-0.2, -0.15) is 0 Å². The molecule has 0 spiro atoms. The van der Waals surface area contributed by atoms with E-state index in [-0.39, 0.29) is 5.56 Å². The summed E-state index contributed by atoms with van der Waals surface area (Å²) in [6.07, 6.45) is 15.9. The molecule has 71 heavy (non-hydrogen) atoms. The highest BCUT2D eigenvalue weighted by atomic mass is 79.9. The Balaban J connectivity index is 0.000000163. The summed E-state index contributed by atoms with van der Waals surface area (Å²) in [5, 5.41) is 41.0. The number of carbonyl (C=O) groups is 2. The number of aliphatic hydroxyl groups is 2. The van der Waals surface area contributed by atoms with Crippen molar-refractivity contribution in [1.82, 2.24) is 4.58 Å². The van der Waals surface area contributed by atoms with Crippen LogP contribution in [0.3, 0.4) is 0 Å². The molecular weight excluding hydrogens is 1030 g/mol. The van der Waals surface area contributed by atoms with Crippen molar-refractivity contribution >= 4 is 60.7 Å². The number of rotatable bonds is 2. The molecule has 0 saturated heterocycles. The van der Waals surface area contributed by atoms with E-state index in [9.17, 15) is 24.9 Å². The summed E-state index contributed by atoms with van der Waals surface area (Å²) in [7, 11) is 1.00. The lowest BCUT2D eigenvalue weighted by Crippen LogP contribution is -2.41. The van der Waals surface area contributed by atoms with Gasteiger partial charge in [0.05, 0.1) is 17.1 Å². The number of carboxylic acids is 1. The molecule has 13 rings (SSSR count). The number of esters is 1. The molecule has 1 unspecified atom stereocenters. The predicted molar refractivity (Wildman–Crippen MR) is 279 cm³/mol. The van der Waals surface area contributed by atoms with Crippen molar-refractivity contribution in [2.24, 2.45) is 0 Å². The Morgan fingerprint density at radius 3 is 2.01 bits per heavy atom. The molecular formula is C56H59Br2N3O10. The molecule has 8 aliphatic heterocycles. The van der Waals surface area contributed by atoms with Crippen molar-refractivity contribution in [3.8, 4) is 17.2 Å². The Morgan fingerprint density at radius 2 is 1.27 bits per heavy atom. The molecule has 15 heteroatoms. The second kappa shape index (κ2) is 22.0. The van der Waals surface area contributed by atoms with Crippen LogP contribution in [0, 0.1) is 9.93 Å². The molecule has 13 nitrogen and oxygen atoms in total. The van der Waals surface area contributed by atoms with Gasteiger partial charge in [0, 0.05) is 121 Å². The van der Waals surface area contributed by atoms with Gasteiger partial charge in [0.15, 0.2) is 0 Å². The van der Waals surface area contributed by atoms with E-state index in [2.05, 4.69) is 69.2 Å². The summed E-state index contributed by atoms with van der Waals surface area (Å²) in [5.74, 6) is 0.776. The molecule has 5 aromatic carbocycles. The van der Waals surface area contributed by atoms with Gasteiger partial charge in [-0.05, 0) is 149 Å². The second-order valence-corrected chi connectivity index (χ2v) is 21.0. The Hall–Kier alpha value is -5.61. The summed E-state index contributed by atoms with van der Waals surface area (Å²) in [4.78, 5) is 42.6. The maximum Gasteiger partial charge on any atom is 0.341 e. The van der Waals surface area contributed by atoms with E-state index in [1.807, 2.05) is 12.1 Å². The Morgan fingerprint density at radius 1 is 0.648 bits per heavy atom. The van der Waals surface area contributed by atoms with Gasteiger partial charge >= 0.3 is 5.97 Å². The first kappa shape index (κ1) is 50.3. The highest BCUT2D eigenvalue weighted by molar-refractivity contribution is 9.10. The normalized spacial score (nSPS) is 18.4. The topological polar surface area (TPSA) is 180 Å². The van der Waals surface area contributed by atoms with E-state index in [4.69, 9.17) is 19.8 Å². The van der Waals surface area contributed by atoms with Gasteiger partial charge in [-0.25, -0.2) is 9.37 Å². The van der Waals surface area contributed by atoms with Crippen molar-refractivity contribution < 1.29 is 39.5 Å². The standard InChI is InChI=1S/C34H33BrN2O3.C13H17NO.C8H5BrO3.CH4O.O2/c35-22-11-12-23(34(38)39)26(19-22)29-27-17-20-7-1-3-13-36-15-5-9-24(30(20)36)32(27)40-33-25-10-6-16-37-14-4-2-8-21(31(25)37)18-28(29)33;15-12-7-6-10-4-1-2-8-14-9-3-5-11(12)13(10)14;9-4-1-2-5-6(3-4)8(11)12-7(5)10;2*1-2/h11-12,17-19H,1-10,13-16H2;6-7,15H,1-5,8-9H2;1-3,8,11H;2H,1H3;. The fraction of sp³-hybridized carbons (Fsp3) is 0.411. The van der Waals surface area contributed by atoms with Crippen LogP contribution in [-0.4, -0.2) is 73.6 Å². The number of aromatic hydroxyl groups is 1. The number of benzene rings is 5. The summed E-state index contributed by atoms with van der Waals surface area (Å²) in [6, 6.07) is 19.1.